The molecule has 0 aliphatic carbocycles. The highest BCUT2D eigenvalue weighted by Crippen LogP contribution is 2.14. The molecule has 0 radical (unpaired) electrons. The highest BCUT2D eigenvalue weighted by Gasteiger charge is 2.05. The highest BCUT2D eigenvalue weighted by molar-refractivity contribution is 7.07. The lowest BCUT2D eigenvalue weighted by Gasteiger charge is -2.08. The van der Waals surface area contributed by atoms with Crippen molar-refractivity contribution in [1.29, 1.82) is 0 Å². The van der Waals surface area contributed by atoms with E-state index in [1.54, 1.807) is 11.3 Å². The molecule has 76 valence electrons. The lowest BCUT2D eigenvalue weighted by Crippen LogP contribution is -2.21. The third kappa shape index (κ3) is 3.93. The SMILES string of the molecule is CC#CCCNCC(O)c1ccsc1. The zero-order chi connectivity index (χ0) is 10.2. The van der Waals surface area contributed by atoms with Crippen molar-refractivity contribution in [2.24, 2.45) is 0 Å². The molecule has 0 aromatic carbocycles. The molecule has 0 spiro atoms. The molecule has 0 bridgehead atoms. The van der Waals surface area contributed by atoms with Gasteiger partial charge in [-0.25, -0.2) is 0 Å². The number of rotatable bonds is 5. The summed E-state index contributed by atoms with van der Waals surface area (Å²) in [6, 6.07) is 1.95. The predicted octanol–water partition coefficient (Wildman–Crippen LogP) is 1.78. The van der Waals surface area contributed by atoms with Crippen molar-refractivity contribution < 1.29 is 5.11 Å². The zero-order valence-corrected chi connectivity index (χ0v) is 9.10. The number of hydrogen-bond donors (Lipinski definition) is 2. The minimum atomic E-state index is -0.393. The lowest BCUT2D eigenvalue weighted by molar-refractivity contribution is 0.176. The van der Waals surface area contributed by atoms with Crippen LogP contribution in [0.4, 0.5) is 0 Å². The van der Waals surface area contributed by atoms with Gasteiger partial charge in [-0.3, -0.25) is 0 Å². The van der Waals surface area contributed by atoms with E-state index < -0.39 is 6.10 Å². The molecule has 0 fully saturated rings. The van der Waals surface area contributed by atoms with Gasteiger partial charge in [0.25, 0.3) is 0 Å². The first-order chi connectivity index (χ1) is 6.84. The first-order valence-electron chi connectivity index (χ1n) is 4.65. The van der Waals surface area contributed by atoms with Gasteiger partial charge in [0.15, 0.2) is 0 Å². The van der Waals surface area contributed by atoms with E-state index >= 15 is 0 Å². The van der Waals surface area contributed by atoms with Gasteiger partial charge in [0, 0.05) is 19.5 Å². The second-order valence-electron chi connectivity index (χ2n) is 2.95. The van der Waals surface area contributed by atoms with Gasteiger partial charge < -0.3 is 10.4 Å². The highest BCUT2D eigenvalue weighted by atomic mass is 32.1. The van der Waals surface area contributed by atoms with Crippen LogP contribution in [0.25, 0.3) is 0 Å². The largest absolute Gasteiger partial charge is 0.387 e. The van der Waals surface area contributed by atoms with Crippen molar-refractivity contribution in [2.45, 2.75) is 19.4 Å². The summed E-state index contributed by atoms with van der Waals surface area (Å²) in [6.45, 7) is 3.27. The molecule has 2 nitrogen and oxygen atoms in total. The van der Waals surface area contributed by atoms with Crippen LogP contribution in [0, 0.1) is 11.8 Å². The second-order valence-corrected chi connectivity index (χ2v) is 3.73. The Bertz CT molecular complexity index is 297. The standard InChI is InChI=1S/C11H15NOS/c1-2-3-4-6-12-8-11(13)10-5-7-14-9-10/h5,7,9,11-13H,4,6,8H2,1H3. The Morgan fingerprint density at radius 3 is 3.14 bits per heavy atom. The van der Waals surface area contributed by atoms with Crippen molar-refractivity contribution in [1.82, 2.24) is 5.32 Å². The normalized spacial score (nSPS) is 11.9. The van der Waals surface area contributed by atoms with Crippen LogP contribution < -0.4 is 5.32 Å². The average molecular weight is 209 g/mol. The van der Waals surface area contributed by atoms with Gasteiger partial charge in [-0.2, -0.15) is 11.3 Å². The third-order valence-corrected chi connectivity index (χ3v) is 2.57. The third-order valence-electron chi connectivity index (χ3n) is 1.87. The first kappa shape index (κ1) is 11.3. The fourth-order valence-electron chi connectivity index (χ4n) is 1.10. The maximum absolute atomic E-state index is 9.67. The van der Waals surface area contributed by atoms with Gasteiger partial charge >= 0.3 is 0 Å². The molecule has 1 rings (SSSR count). The number of aliphatic hydroxyl groups excluding tert-OH is 1. The van der Waals surface area contributed by atoms with Crippen LogP contribution in [-0.4, -0.2) is 18.2 Å². The average Bonchev–Trinajstić information content (AvgIpc) is 2.70. The maximum atomic E-state index is 9.67. The van der Waals surface area contributed by atoms with Crippen LogP contribution in [0.5, 0.6) is 0 Å². The zero-order valence-electron chi connectivity index (χ0n) is 8.29. The molecular weight excluding hydrogens is 194 g/mol. The van der Waals surface area contributed by atoms with E-state index in [0.717, 1.165) is 18.5 Å². The van der Waals surface area contributed by atoms with Crippen molar-refractivity contribution >= 4 is 11.3 Å². The van der Waals surface area contributed by atoms with E-state index in [1.807, 2.05) is 23.8 Å². The Balaban J connectivity index is 2.15. The van der Waals surface area contributed by atoms with Crippen LogP contribution in [0.15, 0.2) is 16.8 Å². The molecule has 0 saturated heterocycles. The fourth-order valence-corrected chi connectivity index (χ4v) is 1.80. The summed E-state index contributed by atoms with van der Waals surface area (Å²) in [5, 5.41) is 16.8. The summed E-state index contributed by atoms with van der Waals surface area (Å²) in [5.74, 6) is 5.80. The number of hydrogen-bond acceptors (Lipinski definition) is 3. The molecule has 1 heterocycles. The van der Waals surface area contributed by atoms with Gasteiger partial charge in [-0.1, -0.05) is 0 Å². The summed E-state index contributed by atoms with van der Waals surface area (Å²) in [6.07, 6.45) is 0.447. The van der Waals surface area contributed by atoms with Crippen LogP contribution in [0.1, 0.15) is 25.0 Å². The predicted molar refractivity (Wildman–Crippen MR) is 60.2 cm³/mol. The van der Waals surface area contributed by atoms with Crippen molar-refractivity contribution in [3.05, 3.63) is 22.4 Å². The lowest BCUT2D eigenvalue weighted by atomic mass is 10.2. The van der Waals surface area contributed by atoms with Gasteiger partial charge in [-0.05, 0) is 29.3 Å². The number of aliphatic hydroxyl groups is 1. The number of thiophene rings is 1. The molecule has 1 atom stereocenters. The van der Waals surface area contributed by atoms with Crippen molar-refractivity contribution in [3.63, 3.8) is 0 Å². The fraction of sp³-hybridized carbons (Fsp3) is 0.455. The van der Waals surface area contributed by atoms with Crippen LogP contribution >= 0.6 is 11.3 Å². The molecule has 0 aliphatic rings. The van der Waals surface area contributed by atoms with Gasteiger partial charge in [0.05, 0.1) is 6.10 Å². The van der Waals surface area contributed by atoms with Crippen LogP contribution in [0.2, 0.25) is 0 Å². The summed E-state index contributed by atoms with van der Waals surface area (Å²) in [4.78, 5) is 0. The molecule has 2 N–H and O–H groups in total. The van der Waals surface area contributed by atoms with Gasteiger partial charge in [0.2, 0.25) is 0 Å². The molecular formula is C11H15NOS. The van der Waals surface area contributed by atoms with E-state index in [4.69, 9.17) is 0 Å². The Hall–Kier alpha value is -0.820. The monoisotopic (exact) mass is 209 g/mol. The van der Waals surface area contributed by atoms with E-state index in [2.05, 4.69) is 17.2 Å². The maximum Gasteiger partial charge on any atom is 0.0922 e. The van der Waals surface area contributed by atoms with Crippen LogP contribution in [0.3, 0.4) is 0 Å². The molecule has 14 heavy (non-hydrogen) atoms. The second kappa shape index (κ2) is 6.61. The molecule has 0 aliphatic heterocycles. The molecule has 3 heteroatoms. The summed E-state index contributed by atoms with van der Waals surface area (Å²) < 4.78 is 0. The van der Waals surface area contributed by atoms with Crippen molar-refractivity contribution in [2.75, 3.05) is 13.1 Å². The van der Waals surface area contributed by atoms with E-state index in [1.165, 1.54) is 0 Å². The van der Waals surface area contributed by atoms with E-state index in [0.29, 0.717) is 6.54 Å². The van der Waals surface area contributed by atoms with Crippen LogP contribution in [-0.2, 0) is 0 Å². The Labute approximate surface area is 89.0 Å². The molecule has 0 amide bonds. The van der Waals surface area contributed by atoms with E-state index in [9.17, 15) is 5.11 Å². The summed E-state index contributed by atoms with van der Waals surface area (Å²) in [5.41, 5.74) is 0.990. The molecule has 1 unspecified atom stereocenters. The molecule has 0 saturated carbocycles. The topological polar surface area (TPSA) is 32.3 Å². The quantitative estimate of drug-likeness (QED) is 0.572. The Morgan fingerprint density at radius 1 is 1.64 bits per heavy atom. The van der Waals surface area contributed by atoms with Gasteiger partial charge in [-0.15, -0.1) is 11.8 Å². The smallest absolute Gasteiger partial charge is 0.0922 e. The minimum absolute atomic E-state index is 0.393. The van der Waals surface area contributed by atoms with Crippen molar-refractivity contribution in [3.8, 4) is 11.8 Å². The Kier molecular flexibility index (Phi) is 5.31. The first-order valence-corrected chi connectivity index (χ1v) is 5.59. The Morgan fingerprint density at radius 2 is 2.50 bits per heavy atom. The van der Waals surface area contributed by atoms with Gasteiger partial charge in [0.1, 0.15) is 0 Å². The number of nitrogens with one attached hydrogen (secondary N) is 1. The molecule has 1 aromatic rings. The molecule has 1 aromatic heterocycles. The summed E-state index contributed by atoms with van der Waals surface area (Å²) in [7, 11) is 0. The van der Waals surface area contributed by atoms with E-state index in [-0.39, 0.29) is 0 Å². The minimum Gasteiger partial charge on any atom is -0.387 e. The summed E-state index contributed by atoms with van der Waals surface area (Å²) >= 11 is 1.61.